The molecule has 1 saturated carbocycles. The Morgan fingerprint density at radius 3 is 2.64 bits per heavy atom. The van der Waals surface area contributed by atoms with Crippen LogP contribution in [0.1, 0.15) is 25.3 Å². The van der Waals surface area contributed by atoms with Crippen LogP contribution >= 0.6 is 0 Å². The van der Waals surface area contributed by atoms with Crippen LogP contribution in [0.4, 0.5) is 0 Å². The first-order valence-electron chi connectivity index (χ1n) is 8.57. The molecule has 1 aliphatic rings. The second-order valence-corrected chi connectivity index (χ2v) is 6.38. The van der Waals surface area contributed by atoms with E-state index in [1.807, 2.05) is 42.6 Å². The first kappa shape index (κ1) is 14.4. The fraction of sp³-hybridized carbons (Fsp3) is 0.200. The van der Waals surface area contributed by atoms with Crippen LogP contribution in [0.25, 0.3) is 33.8 Å². The molecular weight excluding hydrogens is 312 g/mol. The third kappa shape index (κ3) is 2.52. The van der Waals surface area contributed by atoms with Gasteiger partial charge in [0, 0.05) is 11.1 Å². The van der Waals surface area contributed by atoms with E-state index in [1.165, 1.54) is 0 Å². The van der Waals surface area contributed by atoms with E-state index in [0.29, 0.717) is 11.9 Å². The first-order chi connectivity index (χ1) is 12.4. The normalized spacial score (nSPS) is 15.2. The van der Waals surface area contributed by atoms with Gasteiger partial charge in [-0.2, -0.15) is 0 Å². The molecule has 25 heavy (non-hydrogen) atoms. The summed E-state index contributed by atoms with van der Waals surface area (Å²) in [6.07, 6.45) is 7.52. The van der Waals surface area contributed by atoms with Gasteiger partial charge in [0.15, 0.2) is 5.58 Å². The Bertz CT molecular complexity index is 977. The van der Waals surface area contributed by atoms with Gasteiger partial charge in [0.2, 0.25) is 5.89 Å². The van der Waals surface area contributed by atoms with Crippen molar-refractivity contribution < 1.29 is 4.42 Å². The summed E-state index contributed by atoms with van der Waals surface area (Å²) >= 11 is 0. The Morgan fingerprint density at radius 2 is 1.84 bits per heavy atom. The highest BCUT2D eigenvalue weighted by Crippen LogP contribution is 2.32. The zero-order valence-corrected chi connectivity index (χ0v) is 13.7. The highest BCUT2D eigenvalue weighted by molar-refractivity contribution is 5.76. The SMILES string of the molecule is [CH]1CC[C@H](n2nncc2-c2ccc(-c3nc4ccccc4o3)cc2)C1. The molecular formula is C20H17N4O. The molecule has 1 aliphatic carbocycles. The number of fused-ring (bicyclic) bond motifs is 1. The number of hydrogen-bond acceptors (Lipinski definition) is 4. The van der Waals surface area contributed by atoms with Crippen LogP contribution in [-0.2, 0) is 0 Å². The number of oxazole rings is 1. The Morgan fingerprint density at radius 1 is 1.00 bits per heavy atom. The Kier molecular flexibility index (Phi) is 3.37. The zero-order chi connectivity index (χ0) is 16.6. The van der Waals surface area contributed by atoms with Crippen molar-refractivity contribution >= 4 is 11.1 Å². The third-order valence-electron chi connectivity index (χ3n) is 4.78. The molecule has 4 aromatic rings. The zero-order valence-electron chi connectivity index (χ0n) is 13.7. The Balaban J connectivity index is 1.48. The third-order valence-corrected chi connectivity index (χ3v) is 4.78. The van der Waals surface area contributed by atoms with Crippen LogP contribution in [-0.4, -0.2) is 20.0 Å². The van der Waals surface area contributed by atoms with Gasteiger partial charge in [-0.3, -0.25) is 0 Å². The van der Waals surface area contributed by atoms with E-state index in [-0.39, 0.29) is 0 Å². The molecule has 5 nitrogen and oxygen atoms in total. The number of aromatic nitrogens is 4. The van der Waals surface area contributed by atoms with Crippen molar-refractivity contribution in [1.82, 2.24) is 20.0 Å². The average molecular weight is 329 g/mol. The van der Waals surface area contributed by atoms with Crippen LogP contribution in [0, 0.1) is 6.42 Å². The summed E-state index contributed by atoms with van der Waals surface area (Å²) < 4.78 is 7.90. The molecule has 0 unspecified atom stereocenters. The molecule has 5 heteroatoms. The molecule has 2 aromatic heterocycles. The summed E-state index contributed by atoms with van der Waals surface area (Å²) in [6, 6.07) is 16.5. The quantitative estimate of drug-likeness (QED) is 0.547. The van der Waals surface area contributed by atoms with Crippen LogP contribution in [0.3, 0.4) is 0 Å². The second kappa shape index (κ2) is 5.84. The van der Waals surface area contributed by atoms with Gasteiger partial charge >= 0.3 is 0 Å². The second-order valence-electron chi connectivity index (χ2n) is 6.38. The number of para-hydroxylation sites is 2. The molecule has 0 saturated heterocycles. The minimum absolute atomic E-state index is 0.425. The predicted molar refractivity (Wildman–Crippen MR) is 95.6 cm³/mol. The van der Waals surface area contributed by atoms with Crippen LogP contribution < -0.4 is 0 Å². The first-order valence-corrected chi connectivity index (χ1v) is 8.57. The van der Waals surface area contributed by atoms with Crippen molar-refractivity contribution in [1.29, 1.82) is 0 Å². The summed E-state index contributed by atoms with van der Waals surface area (Å²) in [5.41, 5.74) is 4.82. The molecule has 0 spiro atoms. The maximum Gasteiger partial charge on any atom is 0.227 e. The van der Waals surface area contributed by atoms with E-state index in [2.05, 4.69) is 38.5 Å². The van der Waals surface area contributed by atoms with Crippen molar-refractivity contribution in [3.63, 3.8) is 0 Å². The molecule has 2 heterocycles. The molecule has 123 valence electrons. The number of nitrogens with zero attached hydrogens (tertiary/aromatic N) is 4. The standard InChI is InChI=1S/C20H17N4O/c1-2-6-16(5-1)24-18(13-21-23-24)14-9-11-15(12-10-14)20-22-17-7-3-4-8-19(17)25-20/h1,3-4,7-13,16H,2,5-6H2/t16-/m1/s1. The van der Waals surface area contributed by atoms with Gasteiger partial charge in [0.1, 0.15) is 5.52 Å². The smallest absolute Gasteiger partial charge is 0.227 e. The Hall–Kier alpha value is -2.95. The lowest BCUT2D eigenvalue weighted by molar-refractivity contribution is 0.463. The molecule has 0 N–H and O–H groups in total. The highest BCUT2D eigenvalue weighted by Gasteiger charge is 2.21. The summed E-state index contributed by atoms with van der Waals surface area (Å²) in [4.78, 5) is 4.56. The molecule has 1 atom stereocenters. The van der Waals surface area contributed by atoms with Crippen LogP contribution in [0.2, 0.25) is 0 Å². The molecule has 1 fully saturated rings. The van der Waals surface area contributed by atoms with Crippen molar-refractivity contribution in [2.45, 2.75) is 25.3 Å². The Labute approximate surface area is 145 Å². The number of hydrogen-bond donors (Lipinski definition) is 0. The maximum absolute atomic E-state index is 5.84. The van der Waals surface area contributed by atoms with E-state index in [1.54, 1.807) is 0 Å². The predicted octanol–water partition coefficient (Wildman–Crippen LogP) is 4.68. The summed E-state index contributed by atoms with van der Waals surface area (Å²) in [5, 5.41) is 8.42. The maximum atomic E-state index is 5.84. The molecule has 5 rings (SSSR count). The molecule has 0 aliphatic heterocycles. The fourth-order valence-electron chi connectivity index (χ4n) is 3.46. The summed E-state index contributed by atoms with van der Waals surface area (Å²) in [7, 11) is 0. The summed E-state index contributed by atoms with van der Waals surface area (Å²) in [5.74, 6) is 0.643. The van der Waals surface area contributed by atoms with Crippen molar-refractivity contribution in [3.8, 4) is 22.7 Å². The lowest BCUT2D eigenvalue weighted by Gasteiger charge is -2.12. The van der Waals surface area contributed by atoms with Crippen LogP contribution in [0.15, 0.2) is 59.1 Å². The van der Waals surface area contributed by atoms with Crippen molar-refractivity contribution in [2.75, 3.05) is 0 Å². The lowest BCUT2D eigenvalue weighted by Crippen LogP contribution is -2.08. The number of benzene rings is 2. The molecule has 0 bridgehead atoms. The van der Waals surface area contributed by atoms with Gasteiger partial charge in [-0.25, -0.2) is 9.67 Å². The topological polar surface area (TPSA) is 56.7 Å². The van der Waals surface area contributed by atoms with E-state index >= 15 is 0 Å². The molecule has 1 radical (unpaired) electrons. The minimum atomic E-state index is 0.425. The van der Waals surface area contributed by atoms with Gasteiger partial charge in [-0.1, -0.05) is 29.5 Å². The average Bonchev–Trinajstić information content (AvgIpc) is 3.40. The van der Waals surface area contributed by atoms with E-state index < -0.39 is 0 Å². The summed E-state index contributed by atoms with van der Waals surface area (Å²) in [6.45, 7) is 0. The van der Waals surface area contributed by atoms with Crippen LogP contribution in [0.5, 0.6) is 0 Å². The van der Waals surface area contributed by atoms with E-state index in [4.69, 9.17) is 4.42 Å². The molecule has 2 aromatic carbocycles. The largest absolute Gasteiger partial charge is 0.436 e. The minimum Gasteiger partial charge on any atom is -0.436 e. The monoisotopic (exact) mass is 329 g/mol. The lowest BCUT2D eigenvalue weighted by atomic mass is 10.1. The van der Waals surface area contributed by atoms with E-state index in [9.17, 15) is 0 Å². The van der Waals surface area contributed by atoms with E-state index in [0.717, 1.165) is 47.2 Å². The van der Waals surface area contributed by atoms with Gasteiger partial charge in [-0.15, -0.1) is 5.10 Å². The van der Waals surface area contributed by atoms with Crippen molar-refractivity contribution in [2.24, 2.45) is 0 Å². The fourth-order valence-corrected chi connectivity index (χ4v) is 3.46. The van der Waals surface area contributed by atoms with Gasteiger partial charge in [0.05, 0.1) is 17.9 Å². The molecule has 0 amide bonds. The van der Waals surface area contributed by atoms with Crippen molar-refractivity contribution in [3.05, 3.63) is 61.1 Å². The van der Waals surface area contributed by atoms with Gasteiger partial charge in [0.25, 0.3) is 0 Å². The highest BCUT2D eigenvalue weighted by atomic mass is 16.3. The van der Waals surface area contributed by atoms with Gasteiger partial charge < -0.3 is 4.42 Å². The number of rotatable bonds is 3. The van der Waals surface area contributed by atoms with Gasteiger partial charge in [-0.05, 0) is 49.9 Å².